The number of benzene rings is 1. The lowest BCUT2D eigenvalue weighted by molar-refractivity contribution is -0.123. The molecule has 0 fully saturated rings. The third kappa shape index (κ3) is 5.37. The number of urea groups is 1. The third-order valence-corrected chi connectivity index (χ3v) is 2.92. The number of hydrogen-bond donors (Lipinski definition) is 3. The summed E-state index contributed by atoms with van der Waals surface area (Å²) in [4.78, 5) is 23.4. The van der Waals surface area contributed by atoms with Gasteiger partial charge in [-0.25, -0.2) is 13.6 Å². The first-order valence-electron chi connectivity index (χ1n) is 6.66. The number of carbonyl (C=O) groups excluding carboxylic acids is 2. The van der Waals surface area contributed by atoms with Gasteiger partial charge in [0.2, 0.25) is 5.91 Å². The maximum Gasteiger partial charge on any atom is 0.319 e. The maximum atomic E-state index is 13.4. The first-order chi connectivity index (χ1) is 9.83. The minimum absolute atomic E-state index is 0.00882. The number of amides is 3. The average molecular weight is 299 g/mol. The number of anilines is 1. The van der Waals surface area contributed by atoms with Crippen LogP contribution in [0.4, 0.5) is 19.3 Å². The van der Waals surface area contributed by atoms with Crippen molar-refractivity contribution in [1.82, 2.24) is 10.6 Å². The second kappa shape index (κ2) is 7.56. The van der Waals surface area contributed by atoms with Crippen LogP contribution in [0.5, 0.6) is 0 Å². The summed E-state index contributed by atoms with van der Waals surface area (Å²) in [6, 6.07) is 1.12. The molecule has 0 saturated carbocycles. The Balaban J connectivity index is 2.57. The molecule has 1 aromatic rings. The molecule has 0 aromatic heterocycles. The lowest BCUT2D eigenvalue weighted by atomic mass is 10.2. The van der Waals surface area contributed by atoms with Gasteiger partial charge in [-0.1, -0.05) is 6.92 Å². The van der Waals surface area contributed by atoms with Crippen LogP contribution in [-0.4, -0.2) is 24.0 Å². The van der Waals surface area contributed by atoms with Crippen molar-refractivity contribution in [1.29, 1.82) is 0 Å². The standard InChI is InChI=1S/C14H19F2N3O2/c1-4-8(2)17-13(20)9(3)18-14(21)19-12-7-10(15)5-6-11(12)16/h5-9H,4H2,1-3H3,(H,17,20)(H2,18,19,21)/t8-,9+/m0/s1. The Morgan fingerprint density at radius 3 is 2.48 bits per heavy atom. The minimum Gasteiger partial charge on any atom is -0.352 e. The van der Waals surface area contributed by atoms with E-state index in [4.69, 9.17) is 0 Å². The highest BCUT2D eigenvalue weighted by Crippen LogP contribution is 2.14. The predicted molar refractivity (Wildman–Crippen MR) is 75.9 cm³/mol. The zero-order valence-electron chi connectivity index (χ0n) is 12.2. The molecule has 2 atom stereocenters. The quantitative estimate of drug-likeness (QED) is 0.781. The molecular weight excluding hydrogens is 280 g/mol. The Bertz CT molecular complexity index is 523. The fraction of sp³-hybridized carbons (Fsp3) is 0.429. The van der Waals surface area contributed by atoms with Crippen molar-refractivity contribution in [2.24, 2.45) is 0 Å². The van der Waals surface area contributed by atoms with Gasteiger partial charge < -0.3 is 16.0 Å². The zero-order valence-corrected chi connectivity index (χ0v) is 12.2. The van der Waals surface area contributed by atoms with Crippen LogP contribution < -0.4 is 16.0 Å². The van der Waals surface area contributed by atoms with Crippen molar-refractivity contribution in [3.05, 3.63) is 29.8 Å². The molecule has 0 aliphatic rings. The van der Waals surface area contributed by atoms with E-state index >= 15 is 0 Å². The molecule has 116 valence electrons. The van der Waals surface area contributed by atoms with Crippen LogP contribution in [0.1, 0.15) is 27.2 Å². The normalized spacial score (nSPS) is 13.2. The van der Waals surface area contributed by atoms with Crippen molar-refractivity contribution >= 4 is 17.6 Å². The van der Waals surface area contributed by atoms with Crippen LogP contribution in [0.3, 0.4) is 0 Å². The van der Waals surface area contributed by atoms with Gasteiger partial charge in [-0.2, -0.15) is 0 Å². The molecule has 0 unspecified atom stereocenters. The second-order valence-electron chi connectivity index (χ2n) is 4.76. The van der Waals surface area contributed by atoms with E-state index in [1.807, 2.05) is 13.8 Å². The summed E-state index contributed by atoms with van der Waals surface area (Å²) >= 11 is 0. The summed E-state index contributed by atoms with van der Waals surface area (Å²) in [5.41, 5.74) is -0.290. The SMILES string of the molecule is CC[C@H](C)NC(=O)[C@@H](C)NC(=O)Nc1cc(F)ccc1F. The number of halogens is 2. The molecule has 3 amide bonds. The molecule has 0 radical (unpaired) electrons. The smallest absolute Gasteiger partial charge is 0.319 e. The van der Waals surface area contributed by atoms with Crippen LogP contribution in [0.25, 0.3) is 0 Å². The van der Waals surface area contributed by atoms with E-state index in [9.17, 15) is 18.4 Å². The zero-order chi connectivity index (χ0) is 16.0. The van der Waals surface area contributed by atoms with Gasteiger partial charge in [-0.3, -0.25) is 4.79 Å². The summed E-state index contributed by atoms with van der Waals surface area (Å²) < 4.78 is 26.3. The molecule has 5 nitrogen and oxygen atoms in total. The summed E-state index contributed by atoms with van der Waals surface area (Å²) in [5.74, 6) is -1.78. The summed E-state index contributed by atoms with van der Waals surface area (Å²) in [6.07, 6.45) is 0.763. The average Bonchev–Trinajstić information content (AvgIpc) is 2.42. The van der Waals surface area contributed by atoms with E-state index in [0.29, 0.717) is 0 Å². The molecule has 7 heteroatoms. The number of nitrogens with one attached hydrogen (secondary N) is 3. The Kier molecular flexibility index (Phi) is 6.08. The molecule has 1 rings (SSSR count). The molecule has 1 aromatic carbocycles. The van der Waals surface area contributed by atoms with Gasteiger partial charge in [0, 0.05) is 12.1 Å². The molecule has 0 aliphatic carbocycles. The largest absolute Gasteiger partial charge is 0.352 e. The number of hydrogen-bond acceptors (Lipinski definition) is 2. The monoisotopic (exact) mass is 299 g/mol. The lowest BCUT2D eigenvalue weighted by Crippen LogP contribution is -2.48. The third-order valence-electron chi connectivity index (χ3n) is 2.92. The fourth-order valence-electron chi connectivity index (χ4n) is 1.48. The van der Waals surface area contributed by atoms with Gasteiger partial charge in [0.05, 0.1) is 5.69 Å². The van der Waals surface area contributed by atoms with E-state index in [2.05, 4.69) is 16.0 Å². The van der Waals surface area contributed by atoms with Crippen molar-refractivity contribution < 1.29 is 18.4 Å². The van der Waals surface area contributed by atoms with Crippen LogP contribution >= 0.6 is 0 Å². The molecule has 0 heterocycles. The highest BCUT2D eigenvalue weighted by Gasteiger charge is 2.17. The summed E-state index contributed by atoms with van der Waals surface area (Å²) in [5, 5.41) is 7.22. The molecule has 0 spiro atoms. The van der Waals surface area contributed by atoms with Crippen LogP contribution in [-0.2, 0) is 4.79 Å². The van der Waals surface area contributed by atoms with Crippen molar-refractivity contribution in [2.75, 3.05) is 5.32 Å². The van der Waals surface area contributed by atoms with Crippen molar-refractivity contribution in [3.63, 3.8) is 0 Å². The number of carbonyl (C=O) groups is 2. The highest BCUT2D eigenvalue weighted by molar-refractivity contribution is 5.93. The topological polar surface area (TPSA) is 70.2 Å². The summed E-state index contributed by atoms with van der Waals surface area (Å²) in [7, 11) is 0. The molecule has 3 N–H and O–H groups in total. The highest BCUT2D eigenvalue weighted by atomic mass is 19.1. The van der Waals surface area contributed by atoms with Crippen LogP contribution in [0.15, 0.2) is 18.2 Å². The maximum absolute atomic E-state index is 13.4. The molecular formula is C14H19F2N3O2. The molecule has 0 saturated heterocycles. The van der Waals surface area contributed by atoms with Crippen molar-refractivity contribution in [2.45, 2.75) is 39.3 Å². The Hall–Kier alpha value is -2.18. The van der Waals surface area contributed by atoms with Crippen molar-refractivity contribution in [3.8, 4) is 0 Å². The molecule has 0 aliphatic heterocycles. The van der Waals surface area contributed by atoms with Crippen LogP contribution in [0.2, 0.25) is 0 Å². The van der Waals surface area contributed by atoms with Gasteiger partial charge in [-0.15, -0.1) is 0 Å². The van der Waals surface area contributed by atoms with E-state index in [1.54, 1.807) is 0 Å². The van der Waals surface area contributed by atoms with Crippen LogP contribution in [0, 0.1) is 11.6 Å². The molecule has 0 bridgehead atoms. The first kappa shape index (κ1) is 16.9. The van der Waals surface area contributed by atoms with Gasteiger partial charge in [0.1, 0.15) is 17.7 Å². The summed E-state index contributed by atoms with van der Waals surface area (Å²) in [6.45, 7) is 5.26. The Morgan fingerprint density at radius 1 is 1.19 bits per heavy atom. The van der Waals surface area contributed by atoms with E-state index in [-0.39, 0.29) is 17.6 Å². The Labute approximate surface area is 122 Å². The van der Waals surface area contributed by atoms with Gasteiger partial charge in [0.15, 0.2) is 0 Å². The number of rotatable bonds is 5. The predicted octanol–water partition coefficient (Wildman–Crippen LogP) is 2.39. The fourth-order valence-corrected chi connectivity index (χ4v) is 1.48. The van der Waals surface area contributed by atoms with Gasteiger partial charge >= 0.3 is 6.03 Å². The minimum atomic E-state index is -0.796. The molecule has 21 heavy (non-hydrogen) atoms. The second-order valence-corrected chi connectivity index (χ2v) is 4.76. The Morgan fingerprint density at radius 2 is 1.86 bits per heavy atom. The van der Waals surface area contributed by atoms with Gasteiger partial charge in [-0.05, 0) is 32.4 Å². The van der Waals surface area contributed by atoms with E-state index in [1.165, 1.54) is 6.92 Å². The van der Waals surface area contributed by atoms with Gasteiger partial charge in [0.25, 0.3) is 0 Å². The van der Waals surface area contributed by atoms with E-state index < -0.39 is 23.7 Å². The first-order valence-corrected chi connectivity index (χ1v) is 6.66. The van der Waals surface area contributed by atoms with E-state index in [0.717, 1.165) is 24.6 Å². The lowest BCUT2D eigenvalue weighted by Gasteiger charge is -2.17.